The maximum atomic E-state index is 10.6. The molecule has 2 rings (SSSR count). The van der Waals surface area contributed by atoms with Crippen LogP contribution >= 0.6 is 12.2 Å². The Balaban J connectivity index is 2.29. The third-order valence-corrected chi connectivity index (χ3v) is 8.89. The van der Waals surface area contributed by atoms with Crippen molar-refractivity contribution >= 4 is 61.5 Å². The van der Waals surface area contributed by atoms with Crippen LogP contribution < -0.4 is 15.7 Å². The molecule has 0 aromatic heterocycles. The van der Waals surface area contributed by atoms with Crippen LogP contribution in [0, 0.1) is 0 Å². The van der Waals surface area contributed by atoms with Gasteiger partial charge in [-0.1, -0.05) is 92.2 Å². The van der Waals surface area contributed by atoms with Crippen LogP contribution in [-0.4, -0.2) is 32.2 Å². The van der Waals surface area contributed by atoms with Crippen LogP contribution in [0.25, 0.3) is 6.08 Å². The van der Waals surface area contributed by atoms with Crippen molar-refractivity contribution in [3.8, 4) is 0 Å². The molecule has 2 aromatic carbocycles. The summed E-state index contributed by atoms with van der Waals surface area (Å²) in [6.07, 6.45) is 2.70. The number of aliphatic carboxylic acids is 1. The Morgan fingerprint density at radius 1 is 0.929 bits per heavy atom. The Labute approximate surface area is 175 Å². The molecule has 0 aliphatic rings. The molecule has 0 heterocycles. The van der Waals surface area contributed by atoms with E-state index in [1.165, 1.54) is 10.4 Å². The molecular weight excluding hydrogens is 398 g/mol. The first-order valence-electron chi connectivity index (χ1n) is 9.35. The van der Waals surface area contributed by atoms with Crippen LogP contribution in [0.2, 0.25) is 39.3 Å². The van der Waals surface area contributed by atoms with Gasteiger partial charge in [-0.05, 0) is 23.8 Å². The van der Waals surface area contributed by atoms with E-state index in [0.29, 0.717) is 4.99 Å². The monoisotopic (exact) mass is 427 g/mol. The van der Waals surface area contributed by atoms with Gasteiger partial charge in [0.25, 0.3) is 0 Å². The van der Waals surface area contributed by atoms with Gasteiger partial charge >= 0.3 is 5.97 Å². The van der Waals surface area contributed by atoms with Crippen molar-refractivity contribution in [1.82, 2.24) is 0 Å². The summed E-state index contributed by atoms with van der Waals surface area (Å²) in [4.78, 5) is 11.3. The van der Waals surface area contributed by atoms with Gasteiger partial charge in [0.1, 0.15) is 4.99 Å². The smallest absolute Gasteiger partial charge is 0.328 e. The highest BCUT2D eigenvalue weighted by Gasteiger charge is 2.23. The van der Waals surface area contributed by atoms with Crippen molar-refractivity contribution in [2.45, 2.75) is 39.3 Å². The normalized spacial score (nSPS) is 12.2. The summed E-state index contributed by atoms with van der Waals surface area (Å²) in [5.41, 5.74) is 2.80. The largest absolute Gasteiger partial charge is 0.478 e. The predicted octanol–water partition coefficient (Wildman–Crippen LogP) is 4.66. The number of hydrogen-bond acceptors (Lipinski definition) is 2. The van der Waals surface area contributed by atoms with Crippen LogP contribution in [-0.2, 0) is 4.79 Å². The van der Waals surface area contributed by atoms with E-state index in [1.54, 1.807) is 6.08 Å². The van der Waals surface area contributed by atoms with Crippen molar-refractivity contribution in [3.05, 3.63) is 59.7 Å². The lowest BCUT2D eigenvalue weighted by Crippen LogP contribution is -2.45. The number of carboxylic acids is 1. The predicted molar refractivity (Wildman–Crippen MR) is 131 cm³/mol. The Hall–Kier alpha value is -2.03. The maximum Gasteiger partial charge on any atom is 0.328 e. The molecule has 0 spiro atoms. The van der Waals surface area contributed by atoms with E-state index in [4.69, 9.17) is 17.3 Å². The molecule has 0 unspecified atom stereocenters. The van der Waals surface area contributed by atoms with Gasteiger partial charge in [-0.2, -0.15) is 0 Å². The highest BCUT2D eigenvalue weighted by Crippen LogP contribution is 2.14. The second-order valence-electron chi connectivity index (χ2n) is 9.05. The van der Waals surface area contributed by atoms with E-state index >= 15 is 0 Å². The van der Waals surface area contributed by atoms with E-state index in [9.17, 15) is 4.79 Å². The van der Waals surface area contributed by atoms with Gasteiger partial charge in [-0.15, -0.1) is 0 Å². The molecule has 2 aromatic rings. The molecule has 0 amide bonds. The lowest BCUT2D eigenvalue weighted by Gasteiger charge is -2.24. The molecule has 0 fully saturated rings. The van der Waals surface area contributed by atoms with E-state index in [1.807, 2.05) is 24.3 Å². The van der Waals surface area contributed by atoms with Gasteiger partial charge in [-0.25, -0.2) is 4.79 Å². The minimum Gasteiger partial charge on any atom is -0.478 e. The van der Waals surface area contributed by atoms with Crippen molar-refractivity contribution in [1.29, 1.82) is 0 Å². The van der Waals surface area contributed by atoms with Crippen LogP contribution in [0.5, 0.6) is 0 Å². The van der Waals surface area contributed by atoms with Crippen LogP contribution in [0.1, 0.15) is 11.1 Å². The van der Waals surface area contributed by atoms with Gasteiger partial charge in [-0.3, -0.25) is 0 Å². The summed E-state index contributed by atoms with van der Waals surface area (Å²) in [6, 6.07) is 14.5. The van der Waals surface area contributed by atoms with Gasteiger partial charge in [0.05, 0.1) is 16.1 Å². The number of hydrogen-bond donors (Lipinski definition) is 2. The summed E-state index contributed by atoms with van der Waals surface area (Å²) in [6.45, 7) is 14.2. The van der Waals surface area contributed by atoms with Crippen LogP contribution in [0.15, 0.2) is 48.5 Å². The van der Waals surface area contributed by atoms with Gasteiger partial charge in [0.2, 0.25) is 0 Å². The van der Waals surface area contributed by atoms with Gasteiger partial charge in [0.15, 0.2) is 0 Å². The van der Waals surface area contributed by atoms with Gasteiger partial charge in [0, 0.05) is 17.3 Å². The molecule has 0 aliphatic heterocycles. The number of thiocarbonyl (C=S) groups is 1. The van der Waals surface area contributed by atoms with Crippen LogP contribution in [0.4, 0.5) is 5.69 Å². The van der Waals surface area contributed by atoms with Crippen molar-refractivity contribution in [3.63, 3.8) is 0 Å². The van der Waals surface area contributed by atoms with Crippen molar-refractivity contribution in [2.24, 2.45) is 0 Å². The lowest BCUT2D eigenvalue weighted by atomic mass is 10.1. The molecule has 0 aliphatic carbocycles. The number of rotatable bonds is 6. The number of benzene rings is 2. The fourth-order valence-corrected chi connectivity index (χ4v) is 5.41. The zero-order valence-electron chi connectivity index (χ0n) is 17.5. The zero-order chi connectivity index (χ0) is 21.1. The molecule has 0 atom stereocenters. The van der Waals surface area contributed by atoms with E-state index in [2.05, 4.69) is 62.8 Å². The minimum atomic E-state index is -1.46. The maximum absolute atomic E-state index is 10.6. The van der Waals surface area contributed by atoms with E-state index < -0.39 is 22.1 Å². The first kappa shape index (κ1) is 22.3. The number of carbonyl (C=O) groups is 1. The van der Waals surface area contributed by atoms with E-state index in [0.717, 1.165) is 22.9 Å². The summed E-state index contributed by atoms with van der Waals surface area (Å²) < 4.78 is 0. The molecule has 0 saturated heterocycles. The summed E-state index contributed by atoms with van der Waals surface area (Å²) in [5.74, 6) is -0.955. The molecular formula is C22H29NO2SSi2. The standard InChI is InChI=1S/C22H29NO2SSi2/c1-27(2,3)19-13-17(14-20(15-19)28(4,5)6)22(26)23-18-10-7-16(8-11-18)9-12-21(24)25/h7-15H,1-6H3,(H,23,26)(H,24,25). The van der Waals surface area contributed by atoms with E-state index in [-0.39, 0.29) is 0 Å². The first-order valence-corrected chi connectivity index (χ1v) is 16.8. The Bertz CT molecular complexity index is 875. The number of anilines is 1. The average Bonchev–Trinajstić information content (AvgIpc) is 2.59. The highest BCUT2D eigenvalue weighted by molar-refractivity contribution is 7.81. The third kappa shape index (κ3) is 6.26. The van der Waals surface area contributed by atoms with Gasteiger partial charge < -0.3 is 10.4 Å². The number of carboxylic acid groups (broad SMARTS) is 1. The highest BCUT2D eigenvalue weighted by atomic mass is 32.1. The molecule has 0 saturated carbocycles. The summed E-state index contributed by atoms with van der Waals surface area (Å²) >= 11 is 5.71. The molecule has 6 heteroatoms. The molecule has 0 bridgehead atoms. The quantitative estimate of drug-likeness (QED) is 0.400. The Morgan fingerprint density at radius 3 is 1.86 bits per heavy atom. The molecule has 2 N–H and O–H groups in total. The van der Waals surface area contributed by atoms with Crippen molar-refractivity contribution in [2.75, 3.05) is 5.32 Å². The van der Waals surface area contributed by atoms with Crippen LogP contribution in [0.3, 0.4) is 0 Å². The number of nitrogens with one attached hydrogen (secondary N) is 1. The first-order chi connectivity index (χ1) is 12.9. The minimum absolute atomic E-state index is 0.716. The summed E-state index contributed by atoms with van der Waals surface area (Å²) in [5, 5.41) is 14.9. The zero-order valence-corrected chi connectivity index (χ0v) is 20.3. The third-order valence-electron chi connectivity index (χ3n) is 4.51. The SMILES string of the molecule is C[Si](C)(C)c1cc(C(=S)Nc2ccc(C=CC(=O)O)cc2)cc([Si](C)(C)C)c1. The second kappa shape index (κ2) is 8.55. The second-order valence-corrected chi connectivity index (χ2v) is 19.6. The fourth-order valence-electron chi connectivity index (χ4n) is 2.67. The molecule has 0 radical (unpaired) electrons. The molecule has 28 heavy (non-hydrogen) atoms. The summed E-state index contributed by atoms with van der Waals surface area (Å²) in [7, 11) is -2.92. The molecule has 3 nitrogen and oxygen atoms in total. The van der Waals surface area contributed by atoms with Crippen molar-refractivity contribution < 1.29 is 9.90 Å². The fraction of sp³-hybridized carbons (Fsp3) is 0.273. The molecule has 148 valence electrons. The lowest BCUT2D eigenvalue weighted by molar-refractivity contribution is -0.131. The Kier molecular flexibility index (Phi) is 6.80. The average molecular weight is 428 g/mol. The topological polar surface area (TPSA) is 49.3 Å². The Morgan fingerprint density at radius 2 is 1.43 bits per heavy atom.